The Labute approximate surface area is 171 Å². The third-order valence-corrected chi connectivity index (χ3v) is 5.99. The van der Waals surface area contributed by atoms with Crippen LogP contribution in [0.25, 0.3) is 11.1 Å². The molecule has 0 spiro atoms. The van der Waals surface area contributed by atoms with E-state index in [1.165, 1.54) is 35.2 Å². The molecule has 2 aliphatic rings. The molecule has 5 heteroatoms. The van der Waals surface area contributed by atoms with Crippen molar-refractivity contribution < 1.29 is 9.21 Å². The molecule has 1 amide bonds. The van der Waals surface area contributed by atoms with E-state index >= 15 is 0 Å². The number of carbonyl (C=O) groups is 1. The number of nitrogens with zero attached hydrogens (tertiary/aromatic N) is 3. The second-order valence-corrected chi connectivity index (χ2v) is 7.78. The summed E-state index contributed by atoms with van der Waals surface area (Å²) in [7, 11) is 0. The lowest BCUT2D eigenvalue weighted by atomic mass is 9.89. The van der Waals surface area contributed by atoms with Gasteiger partial charge in [0, 0.05) is 31.9 Å². The molecule has 3 aromatic rings. The van der Waals surface area contributed by atoms with Gasteiger partial charge in [0.25, 0.3) is 5.91 Å². The van der Waals surface area contributed by atoms with Crippen LogP contribution in [0.5, 0.6) is 0 Å². The number of amides is 1. The van der Waals surface area contributed by atoms with Gasteiger partial charge in [-0.2, -0.15) is 0 Å². The fraction of sp³-hybridized carbons (Fsp3) is 0.333. The van der Waals surface area contributed by atoms with Gasteiger partial charge in [0.05, 0.1) is 6.26 Å². The predicted molar refractivity (Wildman–Crippen MR) is 113 cm³/mol. The van der Waals surface area contributed by atoms with Gasteiger partial charge >= 0.3 is 0 Å². The normalized spacial score (nSPS) is 16.6. The highest BCUT2D eigenvalue weighted by molar-refractivity contribution is 5.91. The number of anilines is 1. The number of carbonyl (C=O) groups excluding carboxylic acids is 1. The molecular weight excluding hydrogens is 362 g/mol. The molecule has 5 rings (SSSR count). The van der Waals surface area contributed by atoms with Crippen LogP contribution < -0.4 is 4.90 Å². The number of hydrogen-bond acceptors (Lipinski definition) is 4. The molecule has 0 radical (unpaired) electrons. The van der Waals surface area contributed by atoms with E-state index in [9.17, 15) is 4.79 Å². The first-order chi connectivity index (χ1) is 14.3. The summed E-state index contributed by atoms with van der Waals surface area (Å²) in [6.07, 6.45) is 6.16. The van der Waals surface area contributed by atoms with Crippen molar-refractivity contribution in [3.05, 3.63) is 71.8 Å². The zero-order valence-electron chi connectivity index (χ0n) is 16.5. The third-order valence-electron chi connectivity index (χ3n) is 5.99. The number of furan rings is 1. The van der Waals surface area contributed by atoms with Crippen LogP contribution in [0.15, 0.2) is 59.2 Å². The molecule has 0 unspecified atom stereocenters. The SMILES string of the molecule is O=C(c1ccco1)N1CCN(c2cc(-c3ccccc3)c3c(n2)CCCC3)CC1. The first-order valence-corrected chi connectivity index (χ1v) is 10.5. The first-order valence-electron chi connectivity index (χ1n) is 10.5. The molecule has 3 heterocycles. The zero-order valence-corrected chi connectivity index (χ0v) is 16.5. The highest BCUT2D eigenvalue weighted by Gasteiger charge is 2.26. The summed E-state index contributed by atoms with van der Waals surface area (Å²) in [6.45, 7) is 2.93. The Morgan fingerprint density at radius 2 is 1.72 bits per heavy atom. The number of rotatable bonds is 3. The largest absolute Gasteiger partial charge is 0.459 e. The molecule has 1 fully saturated rings. The lowest BCUT2D eigenvalue weighted by Gasteiger charge is -2.36. The highest BCUT2D eigenvalue weighted by atomic mass is 16.3. The van der Waals surface area contributed by atoms with Crippen molar-refractivity contribution in [1.82, 2.24) is 9.88 Å². The average Bonchev–Trinajstić information content (AvgIpc) is 3.33. The smallest absolute Gasteiger partial charge is 0.289 e. The van der Waals surface area contributed by atoms with Crippen LogP contribution >= 0.6 is 0 Å². The van der Waals surface area contributed by atoms with Gasteiger partial charge in [0.2, 0.25) is 0 Å². The molecule has 0 atom stereocenters. The summed E-state index contributed by atoms with van der Waals surface area (Å²) in [5.41, 5.74) is 5.25. The summed E-state index contributed by atoms with van der Waals surface area (Å²) in [4.78, 5) is 21.8. The minimum atomic E-state index is -0.0296. The van der Waals surface area contributed by atoms with Crippen LogP contribution in [0, 0.1) is 0 Å². The van der Waals surface area contributed by atoms with E-state index in [1.54, 1.807) is 18.4 Å². The van der Waals surface area contributed by atoms with Crippen molar-refractivity contribution >= 4 is 11.7 Å². The van der Waals surface area contributed by atoms with Gasteiger partial charge in [0.1, 0.15) is 5.82 Å². The van der Waals surface area contributed by atoms with Gasteiger partial charge in [-0.3, -0.25) is 4.79 Å². The minimum absolute atomic E-state index is 0.0296. The molecule has 0 bridgehead atoms. The van der Waals surface area contributed by atoms with Crippen LogP contribution in [-0.2, 0) is 12.8 Å². The molecule has 1 aliphatic heterocycles. The monoisotopic (exact) mass is 387 g/mol. The molecular formula is C24H25N3O2. The van der Waals surface area contributed by atoms with Crippen LogP contribution in [0.2, 0.25) is 0 Å². The lowest BCUT2D eigenvalue weighted by molar-refractivity contribution is 0.0714. The van der Waals surface area contributed by atoms with Gasteiger partial charge in [-0.25, -0.2) is 4.98 Å². The summed E-state index contributed by atoms with van der Waals surface area (Å²) >= 11 is 0. The Bertz CT molecular complexity index is 990. The van der Waals surface area contributed by atoms with Gasteiger partial charge in [0.15, 0.2) is 5.76 Å². The molecule has 0 N–H and O–H groups in total. The maximum absolute atomic E-state index is 12.5. The predicted octanol–water partition coefficient (Wildman–Crippen LogP) is 4.18. The summed E-state index contributed by atoms with van der Waals surface area (Å²) in [5, 5.41) is 0. The van der Waals surface area contributed by atoms with E-state index in [0.717, 1.165) is 31.7 Å². The topological polar surface area (TPSA) is 49.6 Å². The number of aromatic nitrogens is 1. The van der Waals surface area contributed by atoms with Crippen molar-refractivity contribution in [3.63, 3.8) is 0 Å². The van der Waals surface area contributed by atoms with Crippen molar-refractivity contribution in [2.45, 2.75) is 25.7 Å². The molecule has 148 valence electrons. The van der Waals surface area contributed by atoms with Gasteiger partial charge in [-0.1, -0.05) is 30.3 Å². The Morgan fingerprint density at radius 3 is 2.48 bits per heavy atom. The van der Waals surface area contributed by atoms with Gasteiger partial charge < -0.3 is 14.2 Å². The second kappa shape index (κ2) is 7.74. The van der Waals surface area contributed by atoms with E-state index in [0.29, 0.717) is 18.8 Å². The quantitative estimate of drug-likeness (QED) is 0.676. The summed E-state index contributed by atoms with van der Waals surface area (Å²) in [6, 6.07) is 16.4. The van der Waals surface area contributed by atoms with Crippen molar-refractivity contribution in [3.8, 4) is 11.1 Å². The Morgan fingerprint density at radius 1 is 0.931 bits per heavy atom. The summed E-state index contributed by atoms with van der Waals surface area (Å²) in [5.74, 6) is 1.42. The van der Waals surface area contributed by atoms with Crippen molar-refractivity contribution in [2.24, 2.45) is 0 Å². The molecule has 5 nitrogen and oxygen atoms in total. The van der Waals surface area contributed by atoms with Crippen molar-refractivity contribution in [2.75, 3.05) is 31.1 Å². The average molecular weight is 387 g/mol. The number of aryl methyl sites for hydroxylation is 1. The van der Waals surface area contributed by atoms with Crippen LogP contribution in [-0.4, -0.2) is 42.0 Å². The zero-order chi connectivity index (χ0) is 19.6. The Balaban J connectivity index is 1.40. The molecule has 29 heavy (non-hydrogen) atoms. The maximum atomic E-state index is 12.5. The first kappa shape index (κ1) is 18.0. The lowest BCUT2D eigenvalue weighted by Crippen LogP contribution is -2.49. The maximum Gasteiger partial charge on any atom is 0.289 e. The molecule has 1 saturated heterocycles. The molecule has 1 aromatic carbocycles. The van der Waals surface area contributed by atoms with E-state index in [1.807, 2.05) is 4.90 Å². The number of benzene rings is 1. The highest BCUT2D eigenvalue weighted by Crippen LogP contribution is 2.34. The number of fused-ring (bicyclic) bond motifs is 1. The third kappa shape index (κ3) is 3.53. The summed E-state index contributed by atoms with van der Waals surface area (Å²) < 4.78 is 5.27. The van der Waals surface area contributed by atoms with E-state index in [-0.39, 0.29) is 5.91 Å². The minimum Gasteiger partial charge on any atom is -0.459 e. The van der Waals surface area contributed by atoms with E-state index in [2.05, 4.69) is 41.3 Å². The van der Waals surface area contributed by atoms with E-state index in [4.69, 9.17) is 9.40 Å². The van der Waals surface area contributed by atoms with E-state index < -0.39 is 0 Å². The number of pyridine rings is 1. The van der Waals surface area contributed by atoms with Crippen LogP contribution in [0.3, 0.4) is 0 Å². The Hall–Kier alpha value is -3.08. The van der Waals surface area contributed by atoms with Gasteiger partial charge in [-0.15, -0.1) is 0 Å². The van der Waals surface area contributed by atoms with Crippen LogP contribution in [0.4, 0.5) is 5.82 Å². The molecule has 2 aromatic heterocycles. The van der Waals surface area contributed by atoms with Gasteiger partial charge in [-0.05, 0) is 60.6 Å². The second-order valence-electron chi connectivity index (χ2n) is 7.78. The number of hydrogen-bond donors (Lipinski definition) is 0. The fourth-order valence-electron chi connectivity index (χ4n) is 4.42. The fourth-order valence-corrected chi connectivity index (χ4v) is 4.42. The standard InChI is InChI=1S/C24H25N3O2/c28-24(22-11-6-16-29-22)27-14-12-26(13-15-27)23-17-20(18-7-2-1-3-8-18)19-9-4-5-10-21(19)25-23/h1-3,6-8,11,16-17H,4-5,9-10,12-15H2. The number of piperazine rings is 1. The molecule has 1 aliphatic carbocycles. The Kier molecular flexibility index (Phi) is 4.80. The van der Waals surface area contributed by atoms with Crippen molar-refractivity contribution in [1.29, 1.82) is 0 Å². The molecule has 0 saturated carbocycles. The van der Waals surface area contributed by atoms with Crippen LogP contribution in [0.1, 0.15) is 34.7 Å².